The number of hydrogen-bond donors (Lipinski definition) is 1. The maximum atomic E-state index is 13.0. The van der Waals surface area contributed by atoms with Crippen LogP contribution >= 0.6 is 46.6 Å². The molecular weight excluding hydrogens is 439 g/mol. The number of rotatable bonds is 8. The van der Waals surface area contributed by atoms with Crippen LogP contribution < -0.4 is 5.32 Å². The van der Waals surface area contributed by atoms with E-state index in [2.05, 4.69) is 5.32 Å². The van der Waals surface area contributed by atoms with E-state index in [0.717, 1.165) is 4.90 Å². The molecule has 0 aliphatic heterocycles. The fraction of sp³-hybridized carbons (Fsp3) is 0.300. The van der Waals surface area contributed by atoms with Crippen molar-refractivity contribution in [3.05, 3.63) is 63.1 Å². The molecular formula is C20H21Cl3N2O2S. The second-order valence-electron chi connectivity index (χ2n) is 6.04. The topological polar surface area (TPSA) is 49.4 Å². The largest absolute Gasteiger partial charge is 0.355 e. The summed E-state index contributed by atoms with van der Waals surface area (Å²) < 4.78 is 0. The fourth-order valence-corrected chi connectivity index (χ4v) is 3.94. The average Bonchev–Trinajstić information content (AvgIpc) is 2.67. The smallest absolute Gasteiger partial charge is 0.242 e. The standard InChI is InChI=1S/C20H21Cl3N2O2S/c1-3-24-20(27)13(2)25(11-16-17(22)5-4-6-18(16)23)19(26)12-28-15-9-7-14(21)8-10-15/h4-10,13H,3,11-12H2,1-2H3,(H,24,27)/t13-/m1/s1. The summed E-state index contributed by atoms with van der Waals surface area (Å²) in [7, 11) is 0. The normalized spacial score (nSPS) is 11.8. The Morgan fingerprint density at radius 2 is 1.68 bits per heavy atom. The zero-order valence-corrected chi connectivity index (χ0v) is 18.6. The Hall–Kier alpha value is -1.40. The summed E-state index contributed by atoms with van der Waals surface area (Å²) in [6, 6.07) is 11.7. The van der Waals surface area contributed by atoms with Crippen molar-refractivity contribution < 1.29 is 9.59 Å². The van der Waals surface area contributed by atoms with Crippen molar-refractivity contribution in [3.63, 3.8) is 0 Å². The van der Waals surface area contributed by atoms with Gasteiger partial charge >= 0.3 is 0 Å². The first-order chi connectivity index (χ1) is 13.3. The van der Waals surface area contributed by atoms with E-state index in [-0.39, 0.29) is 24.1 Å². The third-order valence-corrected chi connectivity index (χ3v) is 6.04. The van der Waals surface area contributed by atoms with Gasteiger partial charge in [0.15, 0.2) is 0 Å². The Morgan fingerprint density at radius 1 is 1.07 bits per heavy atom. The zero-order chi connectivity index (χ0) is 20.7. The fourth-order valence-electron chi connectivity index (χ4n) is 2.52. The van der Waals surface area contributed by atoms with Crippen LogP contribution in [0.2, 0.25) is 15.1 Å². The van der Waals surface area contributed by atoms with E-state index < -0.39 is 6.04 Å². The second kappa shape index (κ2) is 11.0. The first-order valence-corrected chi connectivity index (χ1v) is 10.8. The molecule has 8 heteroatoms. The van der Waals surface area contributed by atoms with Crippen LogP contribution in [-0.2, 0) is 16.1 Å². The van der Waals surface area contributed by atoms with Crippen molar-refractivity contribution in [2.75, 3.05) is 12.3 Å². The van der Waals surface area contributed by atoms with Gasteiger partial charge in [-0.3, -0.25) is 9.59 Å². The van der Waals surface area contributed by atoms with E-state index in [1.807, 2.05) is 19.1 Å². The van der Waals surface area contributed by atoms with Crippen molar-refractivity contribution in [1.82, 2.24) is 10.2 Å². The Balaban J connectivity index is 2.20. The number of thioether (sulfide) groups is 1. The van der Waals surface area contributed by atoms with Crippen molar-refractivity contribution in [3.8, 4) is 0 Å². The number of carbonyl (C=O) groups excluding carboxylic acids is 2. The van der Waals surface area contributed by atoms with Gasteiger partial charge in [-0.2, -0.15) is 0 Å². The van der Waals surface area contributed by atoms with Gasteiger partial charge < -0.3 is 10.2 Å². The molecule has 0 fully saturated rings. The molecule has 0 spiro atoms. The van der Waals surface area contributed by atoms with Crippen LogP contribution in [-0.4, -0.2) is 35.1 Å². The van der Waals surface area contributed by atoms with E-state index >= 15 is 0 Å². The monoisotopic (exact) mass is 458 g/mol. The summed E-state index contributed by atoms with van der Waals surface area (Å²) in [6.45, 7) is 4.16. The summed E-state index contributed by atoms with van der Waals surface area (Å²) in [5.41, 5.74) is 0.617. The lowest BCUT2D eigenvalue weighted by Crippen LogP contribution is -2.48. The summed E-state index contributed by atoms with van der Waals surface area (Å²) in [6.07, 6.45) is 0. The van der Waals surface area contributed by atoms with Crippen LogP contribution in [0.3, 0.4) is 0 Å². The Kier molecular flexibility index (Phi) is 8.96. The predicted molar refractivity (Wildman–Crippen MR) is 117 cm³/mol. The van der Waals surface area contributed by atoms with E-state index in [1.165, 1.54) is 16.7 Å². The highest BCUT2D eigenvalue weighted by molar-refractivity contribution is 8.00. The number of likely N-dealkylation sites (N-methyl/N-ethyl adjacent to an activating group) is 1. The molecule has 0 heterocycles. The summed E-state index contributed by atoms with van der Waals surface area (Å²) in [5, 5.41) is 4.30. The third kappa shape index (κ3) is 6.31. The van der Waals surface area contributed by atoms with Gasteiger partial charge in [0, 0.05) is 38.6 Å². The average molecular weight is 460 g/mol. The summed E-state index contributed by atoms with van der Waals surface area (Å²) in [4.78, 5) is 27.8. The van der Waals surface area contributed by atoms with Gasteiger partial charge in [-0.05, 0) is 50.2 Å². The number of carbonyl (C=O) groups is 2. The van der Waals surface area contributed by atoms with Gasteiger partial charge in [0.2, 0.25) is 11.8 Å². The molecule has 0 aliphatic carbocycles. The molecule has 2 rings (SSSR count). The van der Waals surface area contributed by atoms with Gasteiger partial charge in [-0.15, -0.1) is 11.8 Å². The minimum absolute atomic E-state index is 0.150. The molecule has 0 saturated heterocycles. The molecule has 2 aromatic carbocycles. The quantitative estimate of drug-likeness (QED) is 0.545. The van der Waals surface area contributed by atoms with Crippen LogP contribution in [0, 0.1) is 0 Å². The Morgan fingerprint density at radius 3 is 2.25 bits per heavy atom. The van der Waals surface area contributed by atoms with E-state index in [0.29, 0.717) is 27.2 Å². The van der Waals surface area contributed by atoms with Crippen LogP contribution in [0.4, 0.5) is 0 Å². The van der Waals surface area contributed by atoms with Crippen LogP contribution in [0.1, 0.15) is 19.4 Å². The molecule has 2 aromatic rings. The molecule has 1 N–H and O–H groups in total. The second-order valence-corrected chi connectivity index (χ2v) is 8.33. The number of nitrogens with zero attached hydrogens (tertiary/aromatic N) is 1. The number of amides is 2. The van der Waals surface area contributed by atoms with Gasteiger partial charge in [0.05, 0.1) is 5.75 Å². The molecule has 0 aliphatic rings. The first kappa shape index (κ1) is 22.9. The van der Waals surface area contributed by atoms with E-state index in [4.69, 9.17) is 34.8 Å². The minimum Gasteiger partial charge on any atom is -0.355 e. The highest BCUT2D eigenvalue weighted by Gasteiger charge is 2.27. The number of nitrogens with one attached hydrogen (secondary N) is 1. The SMILES string of the molecule is CCNC(=O)[C@@H](C)N(Cc1c(Cl)cccc1Cl)C(=O)CSc1ccc(Cl)cc1. The van der Waals surface area contributed by atoms with Crippen molar-refractivity contribution in [2.24, 2.45) is 0 Å². The number of halogens is 3. The first-order valence-electron chi connectivity index (χ1n) is 8.72. The van der Waals surface area contributed by atoms with E-state index in [1.54, 1.807) is 37.3 Å². The van der Waals surface area contributed by atoms with Gasteiger partial charge in [0.25, 0.3) is 0 Å². The summed E-state index contributed by atoms with van der Waals surface area (Å²) in [5.74, 6) is -0.238. The Bertz CT molecular complexity index is 810. The molecule has 0 aromatic heterocycles. The number of hydrogen-bond acceptors (Lipinski definition) is 3. The van der Waals surface area contributed by atoms with Crippen LogP contribution in [0.5, 0.6) is 0 Å². The molecule has 0 unspecified atom stereocenters. The molecule has 4 nitrogen and oxygen atoms in total. The zero-order valence-electron chi connectivity index (χ0n) is 15.5. The molecule has 1 atom stereocenters. The van der Waals surface area contributed by atoms with Crippen LogP contribution in [0.25, 0.3) is 0 Å². The molecule has 28 heavy (non-hydrogen) atoms. The molecule has 0 bridgehead atoms. The van der Waals surface area contributed by atoms with Gasteiger partial charge in [-0.1, -0.05) is 40.9 Å². The highest BCUT2D eigenvalue weighted by Crippen LogP contribution is 2.27. The maximum absolute atomic E-state index is 13.0. The van der Waals surface area contributed by atoms with Crippen molar-refractivity contribution >= 4 is 58.4 Å². The van der Waals surface area contributed by atoms with Gasteiger partial charge in [-0.25, -0.2) is 0 Å². The van der Waals surface area contributed by atoms with Crippen molar-refractivity contribution in [2.45, 2.75) is 31.3 Å². The molecule has 0 saturated carbocycles. The molecule has 150 valence electrons. The summed E-state index contributed by atoms with van der Waals surface area (Å²) >= 11 is 19.8. The maximum Gasteiger partial charge on any atom is 0.242 e. The van der Waals surface area contributed by atoms with Crippen LogP contribution in [0.15, 0.2) is 47.4 Å². The molecule has 0 radical (unpaired) electrons. The highest BCUT2D eigenvalue weighted by atomic mass is 35.5. The minimum atomic E-state index is -0.661. The third-order valence-electron chi connectivity index (χ3n) is 4.08. The molecule has 2 amide bonds. The lowest BCUT2D eigenvalue weighted by Gasteiger charge is -2.29. The Labute approximate surface area is 184 Å². The van der Waals surface area contributed by atoms with Crippen molar-refractivity contribution in [1.29, 1.82) is 0 Å². The number of benzene rings is 2. The van der Waals surface area contributed by atoms with Gasteiger partial charge in [0.1, 0.15) is 6.04 Å². The lowest BCUT2D eigenvalue weighted by molar-refractivity contribution is -0.138. The lowest BCUT2D eigenvalue weighted by atomic mass is 10.1. The predicted octanol–water partition coefficient (Wildman–Crippen LogP) is 5.29. The van der Waals surface area contributed by atoms with E-state index in [9.17, 15) is 9.59 Å².